The molecule has 9 nitrogen and oxygen atoms in total. The van der Waals surface area contributed by atoms with E-state index in [1.54, 1.807) is 33.9 Å². The number of para-hydroxylation sites is 2. The summed E-state index contributed by atoms with van der Waals surface area (Å²) in [5, 5.41) is 9.54. The molecule has 0 fully saturated rings. The Kier molecular flexibility index (Phi) is 6.59. The van der Waals surface area contributed by atoms with Gasteiger partial charge in [0.2, 0.25) is 5.91 Å². The maximum atomic E-state index is 13.3. The van der Waals surface area contributed by atoms with Crippen LogP contribution in [0.5, 0.6) is 0 Å². The van der Waals surface area contributed by atoms with Gasteiger partial charge in [0.15, 0.2) is 0 Å². The second-order valence-electron chi connectivity index (χ2n) is 10.7. The molecule has 0 spiro atoms. The number of likely N-dealkylation sites (N-methyl/N-ethyl adjacent to an activating group) is 1. The van der Waals surface area contributed by atoms with Crippen molar-refractivity contribution in [1.29, 1.82) is 0 Å². The number of hydrogen-bond acceptors (Lipinski definition) is 5. The van der Waals surface area contributed by atoms with Crippen LogP contribution in [0.1, 0.15) is 32.8 Å². The Morgan fingerprint density at radius 2 is 1.74 bits per heavy atom. The van der Waals surface area contributed by atoms with Gasteiger partial charge in [-0.25, -0.2) is 9.78 Å². The van der Waals surface area contributed by atoms with Crippen LogP contribution in [0.2, 0.25) is 0 Å². The number of nitrogens with zero attached hydrogens (tertiary/aromatic N) is 3. The Morgan fingerprint density at radius 3 is 2.46 bits per heavy atom. The number of amides is 2. The highest BCUT2D eigenvalue weighted by Gasteiger charge is 2.40. The molecule has 5 rings (SSSR count). The Morgan fingerprint density at radius 1 is 1.03 bits per heavy atom. The first-order valence-corrected chi connectivity index (χ1v) is 12.7. The number of nitrogens with one attached hydrogen (secondary N) is 1. The number of hydrogen-bond donors (Lipinski definition) is 2. The standard InChI is InChI=1S/C30H30N4O5/c1-30(2,3)39-29(38)34-24-13-12-19(15-21(24)17-33(4)28(37)25(34)16-26(35)36)18-8-7-9-20(14-18)27-31-22-10-5-6-11-23(22)32-27/h5-15,25H,16-17H2,1-4H3,(H,31,32)(H,35,36). The van der Waals surface area contributed by atoms with Crippen LogP contribution in [0, 0.1) is 0 Å². The zero-order valence-corrected chi connectivity index (χ0v) is 22.3. The highest BCUT2D eigenvalue weighted by Crippen LogP contribution is 2.35. The molecule has 39 heavy (non-hydrogen) atoms. The Labute approximate surface area is 226 Å². The van der Waals surface area contributed by atoms with Crippen LogP contribution in [0.3, 0.4) is 0 Å². The van der Waals surface area contributed by atoms with E-state index in [-0.39, 0.29) is 6.54 Å². The number of carboxylic acid groups (broad SMARTS) is 1. The molecule has 9 heteroatoms. The molecule has 1 aliphatic heterocycles. The normalized spacial score (nSPS) is 15.7. The first kappa shape index (κ1) is 26.0. The lowest BCUT2D eigenvalue weighted by Gasteiger charge is -2.32. The van der Waals surface area contributed by atoms with Crippen LogP contribution in [0.25, 0.3) is 33.5 Å². The summed E-state index contributed by atoms with van der Waals surface area (Å²) in [4.78, 5) is 49.0. The number of rotatable bonds is 4. The molecule has 1 aromatic heterocycles. The molecule has 2 heterocycles. The SMILES string of the molecule is CN1Cc2cc(-c3cccc(-c4nc5ccccc5[nH]4)c3)ccc2N(C(=O)OC(C)(C)C)C(CC(=O)O)C1=O. The van der Waals surface area contributed by atoms with Crippen LogP contribution in [0.15, 0.2) is 66.7 Å². The number of imidazole rings is 1. The maximum Gasteiger partial charge on any atom is 0.415 e. The lowest BCUT2D eigenvalue weighted by molar-refractivity contribution is -0.141. The molecule has 0 bridgehead atoms. The summed E-state index contributed by atoms with van der Waals surface area (Å²) in [7, 11) is 1.61. The van der Waals surface area contributed by atoms with Gasteiger partial charge in [-0.2, -0.15) is 0 Å². The van der Waals surface area contributed by atoms with Crippen molar-refractivity contribution < 1.29 is 24.2 Å². The summed E-state index contributed by atoms with van der Waals surface area (Å²) in [5.41, 5.74) is 4.89. The molecule has 4 aromatic rings. The number of fused-ring (bicyclic) bond motifs is 2. The average molecular weight is 527 g/mol. The molecule has 3 aromatic carbocycles. The van der Waals surface area contributed by atoms with Crippen LogP contribution in [-0.2, 0) is 20.9 Å². The predicted molar refractivity (Wildman–Crippen MR) is 148 cm³/mol. The van der Waals surface area contributed by atoms with Crippen molar-refractivity contribution in [2.75, 3.05) is 11.9 Å². The lowest BCUT2D eigenvalue weighted by atomic mass is 9.99. The molecule has 2 amide bonds. The van der Waals surface area contributed by atoms with Crippen molar-refractivity contribution in [3.8, 4) is 22.5 Å². The van der Waals surface area contributed by atoms with E-state index in [2.05, 4.69) is 4.98 Å². The molecular formula is C30H30N4O5. The summed E-state index contributed by atoms with van der Waals surface area (Å²) < 4.78 is 5.60. The molecule has 1 aliphatic rings. The van der Waals surface area contributed by atoms with Gasteiger partial charge in [-0.3, -0.25) is 14.5 Å². The molecule has 2 N–H and O–H groups in total. The molecule has 1 atom stereocenters. The van der Waals surface area contributed by atoms with E-state index in [1.807, 2.05) is 60.7 Å². The number of ether oxygens (including phenoxy) is 1. The monoisotopic (exact) mass is 526 g/mol. The van der Waals surface area contributed by atoms with Crippen LogP contribution in [-0.4, -0.2) is 56.6 Å². The van der Waals surface area contributed by atoms with E-state index in [9.17, 15) is 19.5 Å². The van der Waals surface area contributed by atoms with Gasteiger partial charge in [-0.15, -0.1) is 0 Å². The number of benzene rings is 3. The summed E-state index contributed by atoms with van der Waals surface area (Å²) in [6, 6.07) is 20.1. The lowest BCUT2D eigenvalue weighted by Crippen LogP contribution is -2.50. The largest absolute Gasteiger partial charge is 0.481 e. The highest BCUT2D eigenvalue weighted by atomic mass is 16.6. The molecule has 200 valence electrons. The third-order valence-corrected chi connectivity index (χ3v) is 6.54. The van der Waals surface area contributed by atoms with Gasteiger partial charge in [0.1, 0.15) is 17.5 Å². The van der Waals surface area contributed by atoms with Crippen LogP contribution < -0.4 is 4.90 Å². The van der Waals surface area contributed by atoms with Crippen molar-refractivity contribution in [3.63, 3.8) is 0 Å². The van der Waals surface area contributed by atoms with Crippen molar-refractivity contribution in [3.05, 3.63) is 72.3 Å². The Bertz CT molecular complexity index is 1550. The molecular weight excluding hydrogens is 496 g/mol. The topological polar surface area (TPSA) is 116 Å². The average Bonchev–Trinajstić information content (AvgIpc) is 3.28. The van der Waals surface area contributed by atoms with E-state index in [1.165, 1.54) is 9.80 Å². The van der Waals surface area contributed by atoms with Crippen molar-refractivity contribution in [1.82, 2.24) is 14.9 Å². The number of aliphatic carboxylic acids is 1. The minimum absolute atomic E-state index is 0.209. The summed E-state index contributed by atoms with van der Waals surface area (Å²) in [6.45, 7) is 5.38. The smallest absolute Gasteiger partial charge is 0.415 e. The summed E-state index contributed by atoms with van der Waals surface area (Å²) >= 11 is 0. The van der Waals surface area contributed by atoms with E-state index >= 15 is 0 Å². The third-order valence-electron chi connectivity index (χ3n) is 6.54. The number of H-pyrrole nitrogens is 1. The minimum Gasteiger partial charge on any atom is -0.481 e. The van der Waals surface area contributed by atoms with Gasteiger partial charge in [-0.1, -0.05) is 36.4 Å². The van der Waals surface area contributed by atoms with Gasteiger partial charge in [0.25, 0.3) is 0 Å². The fourth-order valence-electron chi connectivity index (χ4n) is 4.81. The minimum atomic E-state index is -1.23. The molecule has 0 saturated carbocycles. The summed E-state index contributed by atoms with van der Waals surface area (Å²) in [5.74, 6) is -0.892. The number of carbonyl (C=O) groups excluding carboxylic acids is 2. The number of carboxylic acids is 1. The second kappa shape index (κ2) is 9.90. The molecule has 1 unspecified atom stereocenters. The van der Waals surface area contributed by atoms with Crippen molar-refractivity contribution >= 4 is 34.7 Å². The first-order chi connectivity index (χ1) is 18.5. The van der Waals surface area contributed by atoms with Crippen molar-refractivity contribution in [2.45, 2.75) is 45.4 Å². The van der Waals surface area contributed by atoms with Gasteiger partial charge in [0.05, 0.1) is 23.1 Å². The first-order valence-electron chi connectivity index (χ1n) is 12.7. The van der Waals surface area contributed by atoms with Crippen LogP contribution in [0.4, 0.5) is 10.5 Å². The fraction of sp³-hybridized carbons (Fsp3) is 0.267. The third kappa shape index (κ3) is 5.34. The van der Waals surface area contributed by atoms with Crippen molar-refractivity contribution in [2.24, 2.45) is 0 Å². The zero-order valence-electron chi connectivity index (χ0n) is 22.3. The van der Waals surface area contributed by atoms with Gasteiger partial charge >= 0.3 is 12.1 Å². The van der Waals surface area contributed by atoms with E-state index in [0.29, 0.717) is 11.3 Å². The highest BCUT2D eigenvalue weighted by molar-refractivity contribution is 6.01. The zero-order chi connectivity index (χ0) is 27.9. The summed E-state index contributed by atoms with van der Waals surface area (Å²) in [6.07, 6.45) is -1.30. The molecule has 0 aliphatic carbocycles. The number of aromatic amines is 1. The number of aromatic nitrogens is 2. The van der Waals surface area contributed by atoms with Gasteiger partial charge in [-0.05, 0) is 67.8 Å². The molecule has 0 saturated heterocycles. The van der Waals surface area contributed by atoms with E-state index in [0.717, 1.165) is 33.5 Å². The maximum absolute atomic E-state index is 13.3. The van der Waals surface area contributed by atoms with Gasteiger partial charge in [0, 0.05) is 19.2 Å². The quantitative estimate of drug-likeness (QED) is 0.365. The molecule has 0 radical (unpaired) electrons. The van der Waals surface area contributed by atoms with Crippen LogP contribution >= 0.6 is 0 Å². The van der Waals surface area contributed by atoms with E-state index in [4.69, 9.17) is 9.72 Å². The van der Waals surface area contributed by atoms with E-state index < -0.39 is 36.0 Å². The van der Waals surface area contributed by atoms with Gasteiger partial charge < -0.3 is 19.7 Å². The fourth-order valence-corrected chi connectivity index (χ4v) is 4.81. The number of carbonyl (C=O) groups is 3. The Balaban J connectivity index is 1.57. The Hall–Kier alpha value is -4.66. The number of anilines is 1. The predicted octanol–water partition coefficient (Wildman–Crippen LogP) is 5.45. The second-order valence-corrected chi connectivity index (χ2v) is 10.7.